The van der Waals surface area contributed by atoms with Gasteiger partial charge in [0, 0.05) is 19.1 Å². The second-order valence-corrected chi connectivity index (χ2v) is 6.10. The standard InChI is InChI=1S/C17H24BN3O4/c1-2-16(22)21-10-6-9-14(21)12-19-17(23)20-15(18(24)25)11-13-7-4-3-5-8-13/h2-5,7-8,14-15,24-25H,1,6,9-12H2,(H2,19,20,23)/t14?,15-/m0/s1. The van der Waals surface area contributed by atoms with Crippen LogP contribution in [0.5, 0.6) is 0 Å². The van der Waals surface area contributed by atoms with Gasteiger partial charge in [0.05, 0.1) is 5.94 Å². The van der Waals surface area contributed by atoms with Gasteiger partial charge in [0.2, 0.25) is 5.91 Å². The molecule has 1 fully saturated rings. The fraction of sp³-hybridized carbons (Fsp3) is 0.412. The second-order valence-electron chi connectivity index (χ2n) is 6.10. The van der Waals surface area contributed by atoms with E-state index in [0.717, 1.165) is 18.4 Å². The van der Waals surface area contributed by atoms with Crippen molar-refractivity contribution in [1.29, 1.82) is 0 Å². The van der Waals surface area contributed by atoms with Gasteiger partial charge < -0.3 is 25.6 Å². The van der Waals surface area contributed by atoms with Crippen molar-refractivity contribution in [3.05, 3.63) is 48.6 Å². The number of urea groups is 1. The Kier molecular flexibility index (Phi) is 7.03. The smallest absolute Gasteiger partial charge is 0.426 e. The molecule has 0 spiro atoms. The van der Waals surface area contributed by atoms with Crippen LogP contribution in [0.3, 0.4) is 0 Å². The number of hydrogen-bond acceptors (Lipinski definition) is 4. The number of carbonyl (C=O) groups excluding carboxylic acids is 2. The predicted molar refractivity (Wildman–Crippen MR) is 95.6 cm³/mol. The maximum absolute atomic E-state index is 12.1. The van der Waals surface area contributed by atoms with Crippen molar-refractivity contribution in [3.8, 4) is 0 Å². The molecule has 1 aromatic carbocycles. The molecule has 0 radical (unpaired) electrons. The van der Waals surface area contributed by atoms with Gasteiger partial charge in [-0.2, -0.15) is 0 Å². The van der Waals surface area contributed by atoms with Crippen LogP contribution in [0.15, 0.2) is 43.0 Å². The highest BCUT2D eigenvalue weighted by molar-refractivity contribution is 6.43. The van der Waals surface area contributed by atoms with Gasteiger partial charge in [-0.25, -0.2) is 4.79 Å². The normalized spacial score (nSPS) is 17.7. The minimum absolute atomic E-state index is 0.0668. The number of carbonyl (C=O) groups is 2. The van der Waals surface area contributed by atoms with Crippen molar-refractivity contribution in [2.75, 3.05) is 13.1 Å². The summed E-state index contributed by atoms with van der Waals surface area (Å²) in [5.74, 6) is -0.964. The van der Waals surface area contributed by atoms with Crippen molar-refractivity contribution >= 4 is 19.1 Å². The molecule has 7 nitrogen and oxygen atoms in total. The number of benzene rings is 1. The monoisotopic (exact) mass is 345 g/mol. The van der Waals surface area contributed by atoms with Gasteiger partial charge in [-0.15, -0.1) is 0 Å². The number of likely N-dealkylation sites (tertiary alicyclic amines) is 1. The number of nitrogens with one attached hydrogen (secondary N) is 2. The lowest BCUT2D eigenvalue weighted by Gasteiger charge is -2.24. The quantitative estimate of drug-likeness (QED) is 0.415. The molecule has 0 saturated carbocycles. The fourth-order valence-corrected chi connectivity index (χ4v) is 2.98. The van der Waals surface area contributed by atoms with Gasteiger partial charge >= 0.3 is 13.1 Å². The molecule has 3 amide bonds. The summed E-state index contributed by atoms with van der Waals surface area (Å²) in [6.45, 7) is 4.46. The van der Waals surface area contributed by atoms with Crippen LogP contribution >= 0.6 is 0 Å². The minimum atomic E-state index is -1.67. The first-order chi connectivity index (χ1) is 12.0. The van der Waals surface area contributed by atoms with Gasteiger partial charge in [-0.3, -0.25) is 4.79 Å². The first-order valence-electron chi connectivity index (χ1n) is 8.38. The third-order valence-electron chi connectivity index (χ3n) is 4.31. The van der Waals surface area contributed by atoms with Crippen LogP contribution in [0.4, 0.5) is 4.79 Å². The first kappa shape index (κ1) is 19.0. The van der Waals surface area contributed by atoms with Gasteiger partial charge in [-0.05, 0) is 30.9 Å². The summed E-state index contributed by atoms with van der Waals surface area (Å²) >= 11 is 0. The molecule has 1 aliphatic heterocycles. The molecule has 4 N–H and O–H groups in total. The lowest BCUT2D eigenvalue weighted by atomic mass is 9.76. The zero-order chi connectivity index (χ0) is 18.2. The van der Waals surface area contributed by atoms with Gasteiger partial charge in [0.15, 0.2) is 0 Å². The molecule has 1 aromatic rings. The predicted octanol–water partition coefficient (Wildman–Crippen LogP) is 0.0859. The summed E-state index contributed by atoms with van der Waals surface area (Å²) < 4.78 is 0. The van der Waals surface area contributed by atoms with Gasteiger partial charge in [0.25, 0.3) is 0 Å². The summed E-state index contributed by atoms with van der Waals surface area (Å²) in [6, 6.07) is 8.71. The van der Waals surface area contributed by atoms with Crippen LogP contribution in [0.1, 0.15) is 18.4 Å². The highest BCUT2D eigenvalue weighted by Gasteiger charge is 2.29. The van der Waals surface area contributed by atoms with Crippen LogP contribution in [-0.4, -0.2) is 59.1 Å². The molecule has 8 heteroatoms. The topological polar surface area (TPSA) is 102 Å². The number of hydrogen-bond donors (Lipinski definition) is 4. The molecule has 1 heterocycles. The molecule has 1 unspecified atom stereocenters. The molecular weight excluding hydrogens is 321 g/mol. The lowest BCUT2D eigenvalue weighted by Crippen LogP contribution is -2.53. The molecule has 25 heavy (non-hydrogen) atoms. The minimum Gasteiger partial charge on any atom is -0.426 e. The Morgan fingerprint density at radius 3 is 2.72 bits per heavy atom. The van der Waals surface area contributed by atoms with E-state index in [1.54, 1.807) is 4.90 Å². The van der Waals surface area contributed by atoms with Crippen LogP contribution in [0.25, 0.3) is 0 Å². The number of nitrogens with zero attached hydrogens (tertiary/aromatic N) is 1. The van der Waals surface area contributed by atoms with Crippen molar-refractivity contribution < 1.29 is 19.6 Å². The van der Waals surface area contributed by atoms with E-state index in [1.165, 1.54) is 6.08 Å². The zero-order valence-electron chi connectivity index (χ0n) is 14.1. The van der Waals surface area contributed by atoms with Crippen molar-refractivity contribution in [2.45, 2.75) is 31.2 Å². The molecule has 2 atom stereocenters. The zero-order valence-corrected chi connectivity index (χ0v) is 14.1. The Morgan fingerprint density at radius 1 is 1.36 bits per heavy atom. The first-order valence-corrected chi connectivity index (χ1v) is 8.38. The van der Waals surface area contributed by atoms with E-state index in [4.69, 9.17) is 0 Å². The Labute approximate surface area is 147 Å². The Hall–Kier alpha value is -2.32. The Bertz CT molecular complexity index is 597. The largest absolute Gasteiger partial charge is 0.475 e. The van der Waals surface area contributed by atoms with Crippen LogP contribution < -0.4 is 10.6 Å². The van der Waals surface area contributed by atoms with Crippen LogP contribution in [0.2, 0.25) is 0 Å². The van der Waals surface area contributed by atoms with Crippen LogP contribution in [-0.2, 0) is 11.2 Å². The molecule has 1 saturated heterocycles. The van der Waals surface area contributed by atoms with Crippen molar-refractivity contribution in [2.24, 2.45) is 0 Å². The average molecular weight is 345 g/mol. The summed E-state index contributed by atoms with van der Waals surface area (Å²) in [4.78, 5) is 25.5. The molecule has 1 aliphatic rings. The number of rotatable bonds is 7. The molecule has 134 valence electrons. The van der Waals surface area contributed by atoms with Crippen molar-refractivity contribution in [3.63, 3.8) is 0 Å². The molecule has 0 aromatic heterocycles. The van der Waals surface area contributed by atoms with E-state index in [1.807, 2.05) is 30.3 Å². The van der Waals surface area contributed by atoms with E-state index in [9.17, 15) is 19.6 Å². The fourth-order valence-electron chi connectivity index (χ4n) is 2.98. The third kappa shape index (κ3) is 5.61. The summed E-state index contributed by atoms with van der Waals surface area (Å²) in [5.41, 5.74) is 0.888. The summed E-state index contributed by atoms with van der Waals surface area (Å²) in [5, 5.41) is 24.3. The van der Waals surface area contributed by atoms with E-state index in [0.29, 0.717) is 19.5 Å². The Morgan fingerprint density at radius 2 is 2.08 bits per heavy atom. The third-order valence-corrected chi connectivity index (χ3v) is 4.31. The van der Waals surface area contributed by atoms with E-state index in [-0.39, 0.29) is 11.9 Å². The highest BCUT2D eigenvalue weighted by atomic mass is 16.4. The van der Waals surface area contributed by atoms with Gasteiger partial charge in [0.1, 0.15) is 0 Å². The maximum Gasteiger partial charge on any atom is 0.475 e. The second kappa shape index (κ2) is 9.24. The maximum atomic E-state index is 12.1. The molecule has 0 bridgehead atoms. The SMILES string of the molecule is C=CC(=O)N1CCCC1CNC(=O)N[C@@H](Cc1ccccc1)B(O)O. The summed E-state index contributed by atoms with van der Waals surface area (Å²) in [6.07, 6.45) is 3.28. The average Bonchev–Trinajstić information content (AvgIpc) is 3.08. The van der Waals surface area contributed by atoms with E-state index >= 15 is 0 Å². The van der Waals surface area contributed by atoms with Crippen LogP contribution in [0, 0.1) is 0 Å². The van der Waals surface area contributed by atoms with E-state index < -0.39 is 19.1 Å². The molecule has 2 rings (SSSR count). The highest BCUT2D eigenvalue weighted by Crippen LogP contribution is 2.16. The Balaban J connectivity index is 1.84. The van der Waals surface area contributed by atoms with Crippen molar-refractivity contribution in [1.82, 2.24) is 15.5 Å². The van der Waals surface area contributed by atoms with E-state index in [2.05, 4.69) is 17.2 Å². The number of amides is 3. The van der Waals surface area contributed by atoms with Gasteiger partial charge in [-0.1, -0.05) is 36.9 Å². The molecule has 0 aliphatic carbocycles. The lowest BCUT2D eigenvalue weighted by molar-refractivity contribution is -0.126. The molecular formula is C17H24BN3O4. The summed E-state index contributed by atoms with van der Waals surface area (Å²) in [7, 11) is -1.67.